The molecule has 26 heavy (non-hydrogen) atoms. The molecule has 0 saturated carbocycles. The number of fused-ring (bicyclic) bond motifs is 1. The second kappa shape index (κ2) is 6.78. The van der Waals surface area contributed by atoms with Gasteiger partial charge in [-0.3, -0.25) is 0 Å². The predicted molar refractivity (Wildman–Crippen MR) is 102 cm³/mol. The number of nitrogens with one attached hydrogen (secondary N) is 1. The molecule has 6 heteroatoms. The molecule has 1 aliphatic rings. The molecule has 0 amide bonds. The lowest BCUT2D eigenvalue weighted by molar-refractivity contribution is 0.340. The zero-order valence-corrected chi connectivity index (χ0v) is 15.5. The van der Waals surface area contributed by atoms with Crippen LogP contribution in [-0.4, -0.2) is 37.4 Å². The fraction of sp³-hybridized carbons (Fsp3) is 0.300. The lowest BCUT2D eigenvalue weighted by Crippen LogP contribution is -2.28. The van der Waals surface area contributed by atoms with Crippen LogP contribution >= 0.6 is 0 Å². The van der Waals surface area contributed by atoms with Gasteiger partial charge in [-0.05, 0) is 55.1 Å². The van der Waals surface area contributed by atoms with E-state index in [1.807, 2.05) is 25.1 Å². The van der Waals surface area contributed by atoms with Crippen LogP contribution in [0.15, 0.2) is 59.5 Å². The van der Waals surface area contributed by atoms with E-state index in [1.165, 1.54) is 0 Å². The molecule has 1 fully saturated rings. The number of H-pyrrole nitrogens is 1. The number of sulfonamides is 1. The molecule has 0 spiro atoms. The number of aromatic amines is 1. The zero-order valence-electron chi connectivity index (χ0n) is 14.7. The first-order valence-electron chi connectivity index (χ1n) is 8.88. The van der Waals surface area contributed by atoms with E-state index in [4.69, 9.17) is 4.74 Å². The van der Waals surface area contributed by atoms with E-state index in [2.05, 4.69) is 17.1 Å². The monoisotopic (exact) mass is 370 g/mol. The van der Waals surface area contributed by atoms with Crippen molar-refractivity contribution in [2.45, 2.75) is 24.2 Å². The Morgan fingerprint density at radius 3 is 2.65 bits per heavy atom. The van der Waals surface area contributed by atoms with Crippen molar-refractivity contribution >= 4 is 20.9 Å². The third kappa shape index (κ3) is 3.10. The molecule has 136 valence electrons. The van der Waals surface area contributed by atoms with Crippen LogP contribution in [-0.2, 0) is 10.0 Å². The molecule has 3 aromatic rings. The van der Waals surface area contributed by atoms with Gasteiger partial charge in [-0.25, -0.2) is 8.42 Å². The Hall–Kier alpha value is -2.31. The second-order valence-corrected chi connectivity index (χ2v) is 8.50. The molecule has 1 atom stereocenters. The van der Waals surface area contributed by atoms with Crippen LogP contribution in [0.4, 0.5) is 0 Å². The molecule has 2 aromatic carbocycles. The highest BCUT2D eigenvalue weighted by atomic mass is 32.2. The first kappa shape index (κ1) is 17.1. The van der Waals surface area contributed by atoms with Crippen LogP contribution in [0.25, 0.3) is 10.9 Å². The van der Waals surface area contributed by atoms with E-state index >= 15 is 0 Å². The van der Waals surface area contributed by atoms with Gasteiger partial charge in [0.25, 0.3) is 0 Å². The third-order valence-electron chi connectivity index (χ3n) is 4.91. The molecule has 1 saturated heterocycles. The summed E-state index contributed by atoms with van der Waals surface area (Å²) in [6.07, 6.45) is 0.823. The summed E-state index contributed by atoms with van der Waals surface area (Å²) in [7, 11) is -3.48. The van der Waals surface area contributed by atoms with Gasteiger partial charge in [0.05, 0.1) is 11.5 Å². The Labute approximate surface area is 153 Å². The SMILES string of the molecule is CCOc1ccc(S(=O)(=O)N2CCC(c3cc4ccccc4[nH]3)C2)cc1. The minimum atomic E-state index is -3.48. The van der Waals surface area contributed by atoms with E-state index in [1.54, 1.807) is 28.6 Å². The Morgan fingerprint density at radius 1 is 1.15 bits per heavy atom. The van der Waals surface area contributed by atoms with Crippen LogP contribution < -0.4 is 4.74 Å². The summed E-state index contributed by atoms with van der Waals surface area (Å²) in [6.45, 7) is 3.50. The van der Waals surface area contributed by atoms with Gasteiger partial charge in [-0.2, -0.15) is 4.31 Å². The van der Waals surface area contributed by atoms with Gasteiger partial charge in [0, 0.05) is 30.2 Å². The lowest BCUT2D eigenvalue weighted by Gasteiger charge is -2.16. The van der Waals surface area contributed by atoms with E-state index in [0.29, 0.717) is 30.3 Å². The van der Waals surface area contributed by atoms with Crippen molar-refractivity contribution in [2.75, 3.05) is 19.7 Å². The van der Waals surface area contributed by atoms with Crippen molar-refractivity contribution in [3.63, 3.8) is 0 Å². The van der Waals surface area contributed by atoms with E-state index < -0.39 is 10.0 Å². The minimum absolute atomic E-state index is 0.194. The van der Waals surface area contributed by atoms with Gasteiger partial charge < -0.3 is 9.72 Å². The zero-order chi connectivity index (χ0) is 18.1. The predicted octanol–water partition coefficient (Wildman–Crippen LogP) is 3.74. The number of hydrogen-bond acceptors (Lipinski definition) is 3. The maximum Gasteiger partial charge on any atom is 0.243 e. The molecule has 1 unspecified atom stereocenters. The highest BCUT2D eigenvalue weighted by molar-refractivity contribution is 7.89. The molecule has 2 heterocycles. The molecule has 1 aromatic heterocycles. The average Bonchev–Trinajstić information content (AvgIpc) is 3.29. The van der Waals surface area contributed by atoms with Crippen molar-refractivity contribution in [1.29, 1.82) is 0 Å². The maximum atomic E-state index is 12.9. The quantitative estimate of drug-likeness (QED) is 0.744. The van der Waals surface area contributed by atoms with Crippen molar-refractivity contribution in [2.24, 2.45) is 0 Å². The number of benzene rings is 2. The Kier molecular flexibility index (Phi) is 4.46. The van der Waals surface area contributed by atoms with Gasteiger partial charge in [-0.1, -0.05) is 18.2 Å². The van der Waals surface area contributed by atoms with E-state index in [-0.39, 0.29) is 5.92 Å². The number of aromatic nitrogens is 1. The molecule has 1 N–H and O–H groups in total. The summed E-state index contributed by atoms with van der Waals surface area (Å²) in [4.78, 5) is 3.75. The average molecular weight is 370 g/mol. The number of hydrogen-bond donors (Lipinski definition) is 1. The van der Waals surface area contributed by atoms with Crippen LogP contribution in [0.1, 0.15) is 25.0 Å². The molecule has 0 radical (unpaired) electrons. The molecule has 0 bridgehead atoms. The standard InChI is InChI=1S/C20H22N2O3S/c1-2-25-17-7-9-18(10-8-17)26(23,24)22-12-11-16(14-22)20-13-15-5-3-4-6-19(15)21-20/h3-10,13,16,21H,2,11-12,14H2,1H3. The van der Waals surface area contributed by atoms with Crippen molar-refractivity contribution in [1.82, 2.24) is 9.29 Å². The summed E-state index contributed by atoms with van der Waals surface area (Å²) in [6, 6.07) is 16.9. The number of ether oxygens (including phenoxy) is 1. The number of nitrogens with zero attached hydrogens (tertiary/aromatic N) is 1. The maximum absolute atomic E-state index is 12.9. The van der Waals surface area contributed by atoms with E-state index in [9.17, 15) is 8.42 Å². The highest BCUT2D eigenvalue weighted by Crippen LogP contribution is 2.32. The third-order valence-corrected chi connectivity index (χ3v) is 6.79. The topological polar surface area (TPSA) is 62.4 Å². The minimum Gasteiger partial charge on any atom is -0.494 e. The molecular weight excluding hydrogens is 348 g/mol. The highest BCUT2D eigenvalue weighted by Gasteiger charge is 2.33. The van der Waals surface area contributed by atoms with Gasteiger partial charge in [0.15, 0.2) is 0 Å². The summed E-state index contributed by atoms with van der Waals surface area (Å²) in [5.74, 6) is 0.878. The number of rotatable bonds is 5. The molecule has 0 aliphatic carbocycles. The Morgan fingerprint density at radius 2 is 1.92 bits per heavy atom. The fourth-order valence-electron chi connectivity index (χ4n) is 3.54. The summed E-state index contributed by atoms with van der Waals surface area (Å²) >= 11 is 0. The van der Waals surface area contributed by atoms with Gasteiger partial charge in [0.1, 0.15) is 5.75 Å². The van der Waals surface area contributed by atoms with Crippen LogP contribution in [0.3, 0.4) is 0 Å². The van der Waals surface area contributed by atoms with Gasteiger partial charge in [0.2, 0.25) is 10.0 Å². The van der Waals surface area contributed by atoms with E-state index in [0.717, 1.165) is 23.0 Å². The first-order valence-corrected chi connectivity index (χ1v) is 10.3. The van der Waals surface area contributed by atoms with Crippen LogP contribution in [0.2, 0.25) is 0 Å². The van der Waals surface area contributed by atoms with Crippen molar-refractivity contribution < 1.29 is 13.2 Å². The lowest BCUT2D eigenvalue weighted by atomic mass is 10.1. The van der Waals surface area contributed by atoms with Crippen molar-refractivity contribution in [3.05, 3.63) is 60.3 Å². The van der Waals surface area contributed by atoms with Crippen LogP contribution in [0, 0.1) is 0 Å². The smallest absolute Gasteiger partial charge is 0.243 e. The molecule has 4 rings (SSSR count). The summed E-state index contributed by atoms with van der Waals surface area (Å²) in [5, 5.41) is 1.16. The summed E-state index contributed by atoms with van der Waals surface area (Å²) < 4.78 is 32.8. The fourth-order valence-corrected chi connectivity index (χ4v) is 5.04. The Balaban J connectivity index is 1.53. The number of para-hydroxylation sites is 1. The van der Waals surface area contributed by atoms with Gasteiger partial charge >= 0.3 is 0 Å². The molecule has 5 nitrogen and oxygen atoms in total. The summed E-state index contributed by atoms with van der Waals surface area (Å²) in [5.41, 5.74) is 2.20. The normalized spacial score (nSPS) is 18.4. The second-order valence-electron chi connectivity index (χ2n) is 6.56. The largest absolute Gasteiger partial charge is 0.494 e. The van der Waals surface area contributed by atoms with Gasteiger partial charge in [-0.15, -0.1) is 0 Å². The first-order chi connectivity index (χ1) is 12.6. The van der Waals surface area contributed by atoms with Crippen LogP contribution in [0.5, 0.6) is 5.75 Å². The Bertz CT molecular complexity index is 976. The molecule has 1 aliphatic heterocycles. The molecular formula is C20H22N2O3S. The van der Waals surface area contributed by atoms with Crippen molar-refractivity contribution in [3.8, 4) is 5.75 Å².